The molecule has 0 saturated carbocycles. The normalized spacial score (nSPS) is 13.7. The Morgan fingerprint density at radius 2 is 0.877 bits per heavy atom. The van der Waals surface area contributed by atoms with Crippen molar-refractivity contribution in [3.8, 4) is 55.9 Å². The van der Waals surface area contributed by atoms with Crippen LogP contribution in [-0.2, 0) is 6.42 Å². The summed E-state index contributed by atoms with van der Waals surface area (Å²) in [5.41, 5.74) is 18.5. The zero-order chi connectivity index (χ0) is 37.9. The van der Waals surface area contributed by atoms with Gasteiger partial charge in [-0.15, -0.1) is 0 Å². The van der Waals surface area contributed by atoms with Gasteiger partial charge >= 0.3 is 0 Å². The van der Waals surface area contributed by atoms with E-state index in [0.29, 0.717) is 5.92 Å². The summed E-state index contributed by atoms with van der Waals surface area (Å²) >= 11 is 0. The molecule has 1 unspecified atom stereocenters. The first-order chi connectivity index (χ1) is 28.2. The van der Waals surface area contributed by atoms with Crippen LogP contribution < -0.4 is 0 Å². The molecule has 57 heavy (non-hydrogen) atoms. The summed E-state index contributed by atoms with van der Waals surface area (Å²) in [6.07, 6.45) is 5.74. The fourth-order valence-corrected chi connectivity index (χ4v) is 9.08. The second-order valence-corrected chi connectivity index (χ2v) is 15.5. The largest absolute Gasteiger partial charge is 0.313 e. The number of allylic oxidation sites excluding steroid dienone is 1. The molecule has 0 N–H and O–H groups in total. The van der Waals surface area contributed by atoms with Gasteiger partial charge in [0, 0.05) is 38.8 Å². The minimum atomic E-state index is 0.510. The van der Waals surface area contributed by atoms with Gasteiger partial charge < -0.3 is 9.13 Å². The Morgan fingerprint density at radius 3 is 1.56 bits per heavy atom. The molecule has 10 aromatic rings. The van der Waals surface area contributed by atoms with E-state index >= 15 is 0 Å². The highest BCUT2D eigenvalue weighted by Gasteiger charge is 2.22. The van der Waals surface area contributed by atoms with Crippen LogP contribution in [0, 0.1) is 5.92 Å². The Balaban J connectivity index is 1.04. The number of rotatable bonds is 6. The third-order valence-corrected chi connectivity index (χ3v) is 11.8. The maximum atomic E-state index is 2.47. The fraction of sp³-hybridized carbons (Fsp3) is 0.0545. The molecule has 0 aliphatic heterocycles. The molecule has 2 heteroatoms. The molecule has 1 aliphatic rings. The number of para-hydroxylation sites is 2. The van der Waals surface area contributed by atoms with E-state index in [4.69, 9.17) is 0 Å². The van der Waals surface area contributed by atoms with Crippen LogP contribution in [0.3, 0.4) is 0 Å². The molecule has 0 amide bonds. The highest BCUT2D eigenvalue weighted by molar-refractivity contribution is 6.11. The van der Waals surface area contributed by atoms with Crippen LogP contribution in [0.1, 0.15) is 18.2 Å². The first-order valence-electron chi connectivity index (χ1n) is 20.0. The number of hydrogen-bond acceptors (Lipinski definition) is 0. The summed E-state index contributed by atoms with van der Waals surface area (Å²) < 4.78 is 4.91. The summed E-state index contributed by atoms with van der Waals surface area (Å²) in [7, 11) is 0. The van der Waals surface area contributed by atoms with Crippen molar-refractivity contribution in [1.82, 2.24) is 9.13 Å². The third kappa shape index (κ3) is 5.72. The van der Waals surface area contributed by atoms with Crippen molar-refractivity contribution >= 4 is 38.8 Å². The number of benzene rings is 8. The Kier molecular flexibility index (Phi) is 7.89. The molecule has 8 aromatic carbocycles. The second-order valence-electron chi connectivity index (χ2n) is 15.5. The molecule has 11 rings (SSSR count). The van der Waals surface area contributed by atoms with Gasteiger partial charge in [-0.1, -0.05) is 140 Å². The van der Waals surface area contributed by atoms with Crippen LogP contribution in [-0.4, -0.2) is 9.13 Å². The lowest BCUT2D eigenvalue weighted by Crippen LogP contribution is -2.08. The standard InChI is InChI=1S/C55H40N2/c1-37-24-27-49-51-36-42(25-28-53(51)56(55(49)30-37)46-19-9-4-10-20-46)41-26-29-54-50(35-41)48-22-11-12-23-52(48)57(54)47-21-13-18-40(34-47)45-32-43(38-14-5-2-6-15-38)31-44(33-45)39-16-7-3-8-17-39/h2-29,31-37H,30H2,1H3. The van der Waals surface area contributed by atoms with Crippen LogP contribution in [0.2, 0.25) is 0 Å². The van der Waals surface area contributed by atoms with Crippen molar-refractivity contribution in [2.45, 2.75) is 13.3 Å². The van der Waals surface area contributed by atoms with Crippen LogP contribution in [0.5, 0.6) is 0 Å². The monoisotopic (exact) mass is 728 g/mol. The van der Waals surface area contributed by atoms with Crippen LogP contribution in [0.4, 0.5) is 0 Å². The highest BCUT2D eigenvalue weighted by Crippen LogP contribution is 2.40. The zero-order valence-electron chi connectivity index (χ0n) is 31.8. The highest BCUT2D eigenvalue weighted by atomic mass is 15.0. The first kappa shape index (κ1) is 33.2. The predicted molar refractivity (Wildman–Crippen MR) is 241 cm³/mol. The summed E-state index contributed by atoms with van der Waals surface area (Å²) in [6, 6.07) is 71.1. The van der Waals surface area contributed by atoms with Crippen LogP contribution >= 0.6 is 0 Å². The van der Waals surface area contributed by atoms with E-state index in [-0.39, 0.29) is 0 Å². The summed E-state index contributed by atoms with van der Waals surface area (Å²) in [6.45, 7) is 2.31. The number of nitrogens with zero attached hydrogens (tertiary/aromatic N) is 2. The van der Waals surface area contributed by atoms with Gasteiger partial charge in [-0.2, -0.15) is 0 Å². The maximum absolute atomic E-state index is 2.47. The minimum absolute atomic E-state index is 0.510. The Morgan fingerprint density at radius 1 is 0.368 bits per heavy atom. The minimum Gasteiger partial charge on any atom is -0.313 e. The molecule has 0 fully saturated rings. The predicted octanol–water partition coefficient (Wildman–Crippen LogP) is 14.6. The van der Waals surface area contributed by atoms with E-state index in [1.165, 1.54) is 94.2 Å². The van der Waals surface area contributed by atoms with E-state index in [1.807, 2.05) is 0 Å². The number of hydrogen-bond donors (Lipinski definition) is 0. The van der Waals surface area contributed by atoms with E-state index in [0.717, 1.165) is 12.1 Å². The van der Waals surface area contributed by atoms with Gasteiger partial charge in [-0.3, -0.25) is 0 Å². The van der Waals surface area contributed by atoms with Crippen molar-refractivity contribution in [2.24, 2.45) is 5.92 Å². The molecule has 0 radical (unpaired) electrons. The third-order valence-electron chi connectivity index (χ3n) is 11.8. The molecule has 1 aliphatic carbocycles. The van der Waals surface area contributed by atoms with Gasteiger partial charge in [-0.25, -0.2) is 0 Å². The SMILES string of the molecule is CC1C=Cc2c(n(-c3ccccc3)c3ccc(-c4ccc5c(c4)c4ccccc4n5-c4cccc(-c5cc(-c6ccccc6)cc(-c6ccccc6)c5)c4)cc23)C1. The molecule has 0 spiro atoms. The molecular formula is C55H40N2. The van der Waals surface area contributed by atoms with Gasteiger partial charge in [0.2, 0.25) is 0 Å². The lowest BCUT2D eigenvalue weighted by Gasteiger charge is -2.17. The Labute approximate surface area is 333 Å². The first-order valence-corrected chi connectivity index (χ1v) is 20.0. The van der Waals surface area contributed by atoms with Crippen LogP contribution in [0.15, 0.2) is 200 Å². The van der Waals surface area contributed by atoms with E-state index < -0.39 is 0 Å². The maximum Gasteiger partial charge on any atom is 0.0541 e. The van der Waals surface area contributed by atoms with Crippen LogP contribution in [0.25, 0.3) is 94.7 Å². The Bertz CT molecular complexity index is 3090. The molecular weight excluding hydrogens is 689 g/mol. The van der Waals surface area contributed by atoms with E-state index in [2.05, 4.69) is 222 Å². The van der Waals surface area contributed by atoms with Gasteiger partial charge in [0.05, 0.1) is 16.6 Å². The molecule has 0 bridgehead atoms. The van der Waals surface area contributed by atoms with Crippen molar-refractivity contribution in [3.63, 3.8) is 0 Å². The topological polar surface area (TPSA) is 9.86 Å². The van der Waals surface area contributed by atoms with Crippen molar-refractivity contribution < 1.29 is 0 Å². The molecule has 2 nitrogen and oxygen atoms in total. The van der Waals surface area contributed by atoms with Crippen molar-refractivity contribution in [1.29, 1.82) is 0 Å². The summed E-state index contributed by atoms with van der Waals surface area (Å²) in [5.74, 6) is 0.510. The molecule has 2 aromatic heterocycles. The number of aromatic nitrogens is 2. The zero-order valence-corrected chi connectivity index (χ0v) is 31.8. The van der Waals surface area contributed by atoms with Crippen molar-refractivity contribution in [2.75, 3.05) is 0 Å². The smallest absolute Gasteiger partial charge is 0.0541 e. The summed E-state index contributed by atoms with van der Waals surface area (Å²) in [5, 5.41) is 3.81. The average molecular weight is 729 g/mol. The number of fused-ring (bicyclic) bond motifs is 6. The summed E-state index contributed by atoms with van der Waals surface area (Å²) in [4.78, 5) is 0. The van der Waals surface area contributed by atoms with Gasteiger partial charge in [0.1, 0.15) is 0 Å². The Hall–Kier alpha value is -7.16. The van der Waals surface area contributed by atoms with E-state index in [1.54, 1.807) is 0 Å². The molecule has 270 valence electrons. The lowest BCUT2D eigenvalue weighted by atomic mass is 9.93. The quantitative estimate of drug-likeness (QED) is 0.161. The van der Waals surface area contributed by atoms with Gasteiger partial charge in [-0.05, 0) is 130 Å². The molecule has 1 atom stereocenters. The second kappa shape index (κ2) is 13.5. The molecule has 2 heterocycles. The van der Waals surface area contributed by atoms with Gasteiger partial charge in [0.25, 0.3) is 0 Å². The van der Waals surface area contributed by atoms with Crippen molar-refractivity contribution in [3.05, 3.63) is 211 Å². The van der Waals surface area contributed by atoms with Gasteiger partial charge in [0.15, 0.2) is 0 Å². The van der Waals surface area contributed by atoms with E-state index in [9.17, 15) is 0 Å². The average Bonchev–Trinajstić information content (AvgIpc) is 3.78. The fourth-order valence-electron chi connectivity index (χ4n) is 9.08. The molecule has 0 saturated heterocycles. The lowest BCUT2D eigenvalue weighted by molar-refractivity contribution is 0.690.